The first-order valence-electron chi connectivity index (χ1n) is 6.91. The molecule has 1 aliphatic rings. The molecule has 0 aliphatic heterocycles. The molecule has 4 nitrogen and oxygen atoms in total. The Kier molecular flexibility index (Phi) is 4.27. The Balaban J connectivity index is 2.04. The molecule has 18 heavy (non-hydrogen) atoms. The molecule has 2 rings (SSSR count). The van der Waals surface area contributed by atoms with E-state index >= 15 is 0 Å². The van der Waals surface area contributed by atoms with Crippen LogP contribution in [0.25, 0.3) is 0 Å². The Bertz CT molecular complexity index is 388. The van der Waals surface area contributed by atoms with Gasteiger partial charge >= 0.3 is 0 Å². The summed E-state index contributed by atoms with van der Waals surface area (Å²) in [6.45, 7) is 8.30. The number of nitrogens with one attached hydrogen (secondary N) is 1. The van der Waals surface area contributed by atoms with E-state index in [0.717, 1.165) is 36.6 Å². The fraction of sp³-hybridized carbons (Fsp3) is 0.786. The smallest absolute Gasteiger partial charge is 0.203 e. The maximum Gasteiger partial charge on any atom is 0.203 e. The number of rotatable bonds is 5. The molecule has 4 heteroatoms. The predicted molar refractivity (Wildman–Crippen MR) is 73.8 cm³/mol. The molecule has 0 spiro atoms. The molecule has 1 fully saturated rings. The topological polar surface area (TPSA) is 39.1 Å². The van der Waals surface area contributed by atoms with Crippen molar-refractivity contribution >= 4 is 5.95 Å². The van der Waals surface area contributed by atoms with Gasteiger partial charge in [0.15, 0.2) is 0 Å². The lowest BCUT2D eigenvalue weighted by molar-refractivity contribution is 0.187. The molecule has 102 valence electrons. The average Bonchev–Trinajstić information content (AvgIpc) is 2.84. The minimum atomic E-state index is 0.558. The van der Waals surface area contributed by atoms with Gasteiger partial charge in [0, 0.05) is 25.9 Å². The molecule has 1 aliphatic carbocycles. The van der Waals surface area contributed by atoms with Crippen LogP contribution in [-0.4, -0.2) is 29.3 Å². The highest BCUT2D eigenvalue weighted by Crippen LogP contribution is 2.33. The van der Waals surface area contributed by atoms with E-state index in [9.17, 15) is 0 Å². The average molecular weight is 251 g/mol. The quantitative estimate of drug-likeness (QED) is 0.874. The normalized spacial score (nSPS) is 27.7. The summed E-state index contributed by atoms with van der Waals surface area (Å²) in [5.74, 6) is 2.53. The van der Waals surface area contributed by atoms with Gasteiger partial charge in [0.25, 0.3) is 0 Å². The van der Waals surface area contributed by atoms with Crippen molar-refractivity contribution in [2.24, 2.45) is 11.8 Å². The fourth-order valence-electron chi connectivity index (χ4n) is 2.76. The number of aryl methyl sites for hydroxylation is 1. The number of anilines is 1. The second-order valence-electron chi connectivity index (χ2n) is 5.56. The van der Waals surface area contributed by atoms with Crippen LogP contribution in [0.1, 0.15) is 32.4 Å². The van der Waals surface area contributed by atoms with Crippen LogP contribution in [-0.2, 0) is 11.3 Å². The van der Waals surface area contributed by atoms with Crippen LogP contribution in [0.15, 0.2) is 6.20 Å². The summed E-state index contributed by atoms with van der Waals surface area (Å²) in [7, 11) is 1.73. The largest absolute Gasteiger partial charge is 0.383 e. The van der Waals surface area contributed by atoms with Gasteiger partial charge < -0.3 is 14.6 Å². The van der Waals surface area contributed by atoms with E-state index in [2.05, 4.69) is 34.9 Å². The third-order valence-corrected chi connectivity index (χ3v) is 4.21. The fourth-order valence-corrected chi connectivity index (χ4v) is 2.76. The number of hydrogen-bond donors (Lipinski definition) is 1. The summed E-state index contributed by atoms with van der Waals surface area (Å²) in [6.07, 6.45) is 4.65. The molecule has 3 unspecified atom stereocenters. The van der Waals surface area contributed by atoms with Gasteiger partial charge in [-0.05, 0) is 31.6 Å². The van der Waals surface area contributed by atoms with Crippen molar-refractivity contribution in [2.75, 3.05) is 19.0 Å². The van der Waals surface area contributed by atoms with Crippen molar-refractivity contribution in [2.45, 2.75) is 46.2 Å². The number of ether oxygens (including phenoxy) is 1. The molecular weight excluding hydrogens is 226 g/mol. The lowest BCUT2D eigenvalue weighted by Gasteiger charge is -2.20. The summed E-state index contributed by atoms with van der Waals surface area (Å²) < 4.78 is 7.30. The lowest BCUT2D eigenvalue weighted by atomic mass is 9.98. The van der Waals surface area contributed by atoms with E-state index in [1.54, 1.807) is 7.11 Å². The van der Waals surface area contributed by atoms with Crippen LogP contribution in [0.3, 0.4) is 0 Å². The van der Waals surface area contributed by atoms with Crippen LogP contribution >= 0.6 is 0 Å². The molecule has 1 saturated carbocycles. The maximum atomic E-state index is 5.14. The number of nitrogens with zero attached hydrogens (tertiary/aromatic N) is 2. The zero-order valence-electron chi connectivity index (χ0n) is 11.9. The van der Waals surface area contributed by atoms with Gasteiger partial charge in [0.05, 0.1) is 12.3 Å². The molecular formula is C14H25N3O. The predicted octanol–water partition coefficient (Wildman–Crippen LogP) is 2.68. The molecule has 1 aromatic rings. The van der Waals surface area contributed by atoms with Crippen LogP contribution < -0.4 is 5.32 Å². The van der Waals surface area contributed by atoms with Crippen LogP contribution in [0.2, 0.25) is 0 Å². The molecule has 0 radical (unpaired) electrons. The zero-order valence-corrected chi connectivity index (χ0v) is 11.9. The number of hydrogen-bond acceptors (Lipinski definition) is 3. The molecule has 1 heterocycles. The van der Waals surface area contributed by atoms with E-state index in [1.165, 1.54) is 12.8 Å². The second kappa shape index (κ2) is 5.74. The Morgan fingerprint density at radius 3 is 2.83 bits per heavy atom. The van der Waals surface area contributed by atoms with Crippen LogP contribution in [0.4, 0.5) is 5.95 Å². The summed E-state index contributed by atoms with van der Waals surface area (Å²) in [6, 6.07) is 0.558. The van der Waals surface area contributed by atoms with Crippen molar-refractivity contribution in [3.05, 3.63) is 11.9 Å². The second-order valence-corrected chi connectivity index (χ2v) is 5.56. The SMILES string of the molecule is COCCn1cc(C)nc1NC1CCC(C)C1C. The molecule has 3 atom stereocenters. The van der Waals surface area contributed by atoms with Crippen molar-refractivity contribution in [1.82, 2.24) is 9.55 Å². The van der Waals surface area contributed by atoms with Gasteiger partial charge in [-0.15, -0.1) is 0 Å². The maximum absolute atomic E-state index is 5.14. The highest BCUT2D eigenvalue weighted by Gasteiger charge is 2.30. The Morgan fingerprint density at radius 1 is 1.44 bits per heavy atom. The highest BCUT2D eigenvalue weighted by atomic mass is 16.5. The van der Waals surface area contributed by atoms with E-state index in [-0.39, 0.29) is 0 Å². The summed E-state index contributed by atoms with van der Waals surface area (Å²) >= 11 is 0. The van der Waals surface area contributed by atoms with Crippen LogP contribution in [0.5, 0.6) is 0 Å². The molecule has 0 saturated heterocycles. The van der Waals surface area contributed by atoms with Gasteiger partial charge in [-0.1, -0.05) is 13.8 Å². The van der Waals surface area contributed by atoms with Crippen molar-refractivity contribution in [3.8, 4) is 0 Å². The van der Waals surface area contributed by atoms with Gasteiger partial charge in [-0.2, -0.15) is 0 Å². The van der Waals surface area contributed by atoms with E-state index in [4.69, 9.17) is 4.74 Å². The minimum absolute atomic E-state index is 0.558. The van der Waals surface area contributed by atoms with Crippen molar-refractivity contribution in [3.63, 3.8) is 0 Å². The molecule has 1 aromatic heterocycles. The van der Waals surface area contributed by atoms with Gasteiger partial charge in [0.1, 0.15) is 0 Å². The third-order valence-electron chi connectivity index (χ3n) is 4.21. The van der Waals surface area contributed by atoms with Gasteiger partial charge in [-0.25, -0.2) is 4.98 Å². The molecule has 0 aromatic carbocycles. The summed E-state index contributed by atoms with van der Waals surface area (Å²) in [4.78, 5) is 4.58. The summed E-state index contributed by atoms with van der Waals surface area (Å²) in [5.41, 5.74) is 1.06. The monoisotopic (exact) mass is 251 g/mol. The molecule has 0 amide bonds. The van der Waals surface area contributed by atoms with Gasteiger partial charge in [-0.3, -0.25) is 0 Å². The van der Waals surface area contributed by atoms with Crippen molar-refractivity contribution < 1.29 is 4.74 Å². The highest BCUT2D eigenvalue weighted by molar-refractivity contribution is 5.31. The summed E-state index contributed by atoms with van der Waals surface area (Å²) in [5, 5.41) is 3.62. The van der Waals surface area contributed by atoms with E-state index in [0.29, 0.717) is 6.04 Å². The number of methoxy groups -OCH3 is 1. The number of imidazole rings is 1. The first kappa shape index (κ1) is 13.4. The first-order chi connectivity index (χ1) is 8.61. The number of aromatic nitrogens is 2. The zero-order chi connectivity index (χ0) is 13.1. The molecule has 0 bridgehead atoms. The van der Waals surface area contributed by atoms with Crippen LogP contribution in [0, 0.1) is 18.8 Å². The Labute approximate surface area is 110 Å². The first-order valence-corrected chi connectivity index (χ1v) is 6.91. The Morgan fingerprint density at radius 2 is 2.22 bits per heavy atom. The van der Waals surface area contributed by atoms with E-state index < -0.39 is 0 Å². The van der Waals surface area contributed by atoms with Gasteiger partial charge in [0.2, 0.25) is 5.95 Å². The van der Waals surface area contributed by atoms with E-state index in [1.807, 2.05) is 6.92 Å². The van der Waals surface area contributed by atoms with Crippen molar-refractivity contribution in [1.29, 1.82) is 0 Å². The lowest BCUT2D eigenvalue weighted by Crippen LogP contribution is -2.26. The molecule has 1 N–H and O–H groups in total. The standard InChI is InChI=1S/C14H25N3O/c1-10-5-6-13(12(10)3)16-14-15-11(2)9-17(14)7-8-18-4/h9-10,12-13H,5-8H2,1-4H3,(H,15,16). The third kappa shape index (κ3) is 2.86. The minimum Gasteiger partial charge on any atom is -0.383 e. The Hall–Kier alpha value is -1.03.